The molecule has 0 spiro atoms. The lowest BCUT2D eigenvalue weighted by molar-refractivity contribution is -0.124. The first-order valence-electron chi connectivity index (χ1n) is 6.52. The molecule has 0 aliphatic carbocycles. The third-order valence-electron chi connectivity index (χ3n) is 3.38. The number of ether oxygens (including phenoxy) is 1. The molecule has 1 aromatic heterocycles. The Labute approximate surface area is 138 Å². The smallest absolute Gasteiger partial charge is 0.237 e. The zero-order chi connectivity index (χ0) is 13.7. The molecule has 0 radical (unpaired) electrons. The van der Waals surface area contributed by atoms with Crippen LogP contribution in [0.1, 0.15) is 17.7 Å². The van der Waals surface area contributed by atoms with Crippen molar-refractivity contribution in [3.05, 3.63) is 20.8 Å². The maximum Gasteiger partial charge on any atom is 0.237 e. The van der Waals surface area contributed by atoms with Crippen LogP contribution in [0.4, 0.5) is 0 Å². The summed E-state index contributed by atoms with van der Waals surface area (Å²) in [5, 5.41) is 2.92. The fourth-order valence-corrected chi connectivity index (χ4v) is 3.68. The molecule has 1 unspecified atom stereocenters. The number of amides is 1. The Morgan fingerprint density at radius 3 is 2.80 bits per heavy atom. The third-order valence-corrected chi connectivity index (χ3v) is 5.06. The van der Waals surface area contributed by atoms with Crippen molar-refractivity contribution in [2.24, 2.45) is 11.7 Å². The van der Waals surface area contributed by atoms with Gasteiger partial charge in [0.2, 0.25) is 5.91 Å². The minimum absolute atomic E-state index is 0. The Kier molecular flexibility index (Phi) is 8.06. The van der Waals surface area contributed by atoms with E-state index >= 15 is 0 Å². The summed E-state index contributed by atoms with van der Waals surface area (Å²) in [4.78, 5) is 13.2. The minimum atomic E-state index is -0.404. The molecular weight excluding hydrogens is 364 g/mol. The summed E-state index contributed by atoms with van der Waals surface area (Å²) in [5.41, 5.74) is 6.00. The van der Waals surface area contributed by atoms with Crippen LogP contribution in [0.25, 0.3) is 0 Å². The van der Waals surface area contributed by atoms with Gasteiger partial charge in [0.1, 0.15) is 0 Å². The molecular formula is C13H20BrClN2O2S. The Bertz CT molecular complexity index is 424. The Morgan fingerprint density at radius 1 is 1.50 bits per heavy atom. The van der Waals surface area contributed by atoms with Gasteiger partial charge in [0.25, 0.3) is 0 Å². The molecule has 1 aliphatic heterocycles. The first kappa shape index (κ1) is 17.9. The van der Waals surface area contributed by atoms with E-state index in [0.717, 1.165) is 36.3 Å². The zero-order valence-corrected chi connectivity index (χ0v) is 14.4. The van der Waals surface area contributed by atoms with Gasteiger partial charge in [0, 0.05) is 24.6 Å². The molecule has 4 nitrogen and oxygen atoms in total. The van der Waals surface area contributed by atoms with Gasteiger partial charge in [-0.1, -0.05) is 0 Å². The van der Waals surface area contributed by atoms with Crippen LogP contribution in [-0.2, 0) is 16.0 Å². The van der Waals surface area contributed by atoms with E-state index in [1.54, 1.807) is 11.3 Å². The molecule has 3 N–H and O–H groups in total. The van der Waals surface area contributed by atoms with E-state index < -0.39 is 6.04 Å². The number of thiophene rings is 1. The summed E-state index contributed by atoms with van der Waals surface area (Å²) >= 11 is 5.12. The van der Waals surface area contributed by atoms with Crippen LogP contribution in [0.5, 0.6) is 0 Å². The third kappa shape index (κ3) is 5.33. The van der Waals surface area contributed by atoms with Crippen LogP contribution in [0.3, 0.4) is 0 Å². The highest BCUT2D eigenvalue weighted by atomic mass is 79.9. The van der Waals surface area contributed by atoms with Crippen molar-refractivity contribution < 1.29 is 9.53 Å². The van der Waals surface area contributed by atoms with E-state index in [9.17, 15) is 4.79 Å². The molecule has 20 heavy (non-hydrogen) atoms. The molecule has 1 amide bonds. The summed E-state index contributed by atoms with van der Waals surface area (Å²) < 4.78 is 6.40. The molecule has 1 aromatic rings. The van der Waals surface area contributed by atoms with E-state index in [4.69, 9.17) is 10.5 Å². The minimum Gasteiger partial charge on any atom is -0.381 e. The predicted octanol–water partition coefficient (Wildman–Crippen LogP) is 2.34. The molecule has 1 atom stereocenters. The lowest BCUT2D eigenvalue weighted by Crippen LogP contribution is -2.47. The fourth-order valence-electron chi connectivity index (χ4n) is 2.20. The molecule has 1 saturated heterocycles. The van der Waals surface area contributed by atoms with E-state index in [1.165, 1.54) is 4.88 Å². The van der Waals surface area contributed by atoms with Gasteiger partial charge in [-0.3, -0.25) is 4.79 Å². The Morgan fingerprint density at radius 2 is 2.20 bits per heavy atom. The second-order valence-electron chi connectivity index (χ2n) is 4.72. The number of nitrogens with two attached hydrogens (primary N) is 1. The Balaban J connectivity index is 0.00000200. The van der Waals surface area contributed by atoms with Gasteiger partial charge >= 0.3 is 0 Å². The van der Waals surface area contributed by atoms with Gasteiger partial charge in [-0.2, -0.15) is 0 Å². The second kappa shape index (κ2) is 9.00. The predicted molar refractivity (Wildman–Crippen MR) is 87.5 cm³/mol. The summed E-state index contributed by atoms with van der Waals surface area (Å²) in [6.45, 7) is 2.08. The van der Waals surface area contributed by atoms with Crippen molar-refractivity contribution in [3.63, 3.8) is 0 Å². The van der Waals surface area contributed by atoms with Crippen LogP contribution in [0.15, 0.2) is 15.9 Å². The van der Waals surface area contributed by atoms with Crippen molar-refractivity contribution in [1.29, 1.82) is 0 Å². The van der Waals surface area contributed by atoms with Crippen molar-refractivity contribution >= 4 is 45.6 Å². The molecule has 0 aromatic carbocycles. The SMILES string of the molecule is Cl.NC(C(=O)NCCc1ccc(Br)s1)C1CCOCC1. The van der Waals surface area contributed by atoms with Gasteiger partial charge in [0.05, 0.1) is 9.83 Å². The first-order valence-corrected chi connectivity index (χ1v) is 8.13. The van der Waals surface area contributed by atoms with Gasteiger partial charge in [0.15, 0.2) is 0 Å². The van der Waals surface area contributed by atoms with Crippen LogP contribution in [0.2, 0.25) is 0 Å². The second-order valence-corrected chi connectivity index (χ2v) is 7.27. The monoisotopic (exact) mass is 382 g/mol. The number of rotatable bonds is 5. The fraction of sp³-hybridized carbons (Fsp3) is 0.615. The molecule has 114 valence electrons. The van der Waals surface area contributed by atoms with Gasteiger partial charge < -0.3 is 15.8 Å². The van der Waals surface area contributed by atoms with E-state index in [1.807, 2.05) is 6.07 Å². The molecule has 2 rings (SSSR count). The van der Waals surface area contributed by atoms with Crippen molar-refractivity contribution in [3.8, 4) is 0 Å². The summed E-state index contributed by atoms with van der Waals surface area (Å²) in [5.74, 6) is 0.215. The maximum atomic E-state index is 12.0. The number of nitrogens with one attached hydrogen (secondary N) is 1. The molecule has 2 heterocycles. The normalized spacial score (nSPS) is 17.3. The highest BCUT2D eigenvalue weighted by molar-refractivity contribution is 9.11. The van der Waals surface area contributed by atoms with E-state index in [-0.39, 0.29) is 24.2 Å². The molecule has 1 fully saturated rings. The summed E-state index contributed by atoms with van der Waals surface area (Å²) in [6.07, 6.45) is 2.61. The summed E-state index contributed by atoms with van der Waals surface area (Å²) in [7, 11) is 0. The van der Waals surface area contributed by atoms with Crippen molar-refractivity contribution in [2.75, 3.05) is 19.8 Å². The standard InChI is InChI=1S/C13H19BrN2O2S.ClH/c14-11-2-1-10(19-11)3-6-16-13(17)12(15)9-4-7-18-8-5-9;/h1-2,9,12H,3-8,15H2,(H,16,17);1H. The van der Waals surface area contributed by atoms with E-state index in [2.05, 4.69) is 27.3 Å². The highest BCUT2D eigenvalue weighted by Gasteiger charge is 2.26. The summed E-state index contributed by atoms with van der Waals surface area (Å²) in [6, 6.07) is 3.69. The quantitative estimate of drug-likeness (QED) is 0.820. The molecule has 0 bridgehead atoms. The molecule has 1 aliphatic rings. The van der Waals surface area contributed by atoms with Crippen LogP contribution in [-0.4, -0.2) is 31.7 Å². The largest absolute Gasteiger partial charge is 0.381 e. The van der Waals surface area contributed by atoms with Gasteiger partial charge in [-0.15, -0.1) is 23.7 Å². The van der Waals surface area contributed by atoms with Crippen molar-refractivity contribution in [1.82, 2.24) is 5.32 Å². The van der Waals surface area contributed by atoms with Crippen LogP contribution < -0.4 is 11.1 Å². The average molecular weight is 384 g/mol. The highest BCUT2D eigenvalue weighted by Crippen LogP contribution is 2.22. The Hall–Kier alpha value is -0.140. The van der Waals surface area contributed by atoms with Crippen molar-refractivity contribution in [2.45, 2.75) is 25.3 Å². The lowest BCUT2D eigenvalue weighted by Gasteiger charge is -2.26. The number of carbonyl (C=O) groups is 1. The van der Waals surface area contributed by atoms with Gasteiger partial charge in [-0.25, -0.2) is 0 Å². The molecule has 0 saturated carbocycles. The number of halogens is 2. The zero-order valence-electron chi connectivity index (χ0n) is 11.1. The number of hydrogen-bond donors (Lipinski definition) is 2. The number of carbonyl (C=O) groups excluding carboxylic acids is 1. The lowest BCUT2D eigenvalue weighted by atomic mass is 9.92. The first-order chi connectivity index (χ1) is 9.16. The topological polar surface area (TPSA) is 64.4 Å². The van der Waals surface area contributed by atoms with Crippen LogP contribution in [0, 0.1) is 5.92 Å². The van der Waals surface area contributed by atoms with E-state index in [0.29, 0.717) is 6.54 Å². The maximum absolute atomic E-state index is 12.0. The van der Waals surface area contributed by atoms with Crippen LogP contribution >= 0.6 is 39.7 Å². The van der Waals surface area contributed by atoms with Gasteiger partial charge in [-0.05, 0) is 53.2 Å². The molecule has 7 heteroatoms. The number of hydrogen-bond acceptors (Lipinski definition) is 4. The average Bonchev–Trinajstić information content (AvgIpc) is 2.84.